The number of methoxy groups -OCH3 is 1. The van der Waals surface area contributed by atoms with E-state index in [1.54, 1.807) is 7.11 Å². The number of ether oxygens (including phenoxy) is 1. The van der Waals surface area contributed by atoms with E-state index in [1.165, 1.54) is 18.6 Å². The summed E-state index contributed by atoms with van der Waals surface area (Å²) in [6.45, 7) is 2.05. The van der Waals surface area contributed by atoms with E-state index >= 15 is 0 Å². The second-order valence-electron chi connectivity index (χ2n) is 5.09. The maximum Gasteiger partial charge on any atom is 0.118 e. The second-order valence-corrected chi connectivity index (χ2v) is 6.24. The van der Waals surface area contributed by atoms with Gasteiger partial charge >= 0.3 is 0 Å². The molecule has 2 N–H and O–H groups in total. The van der Waals surface area contributed by atoms with Gasteiger partial charge in [-0.25, -0.2) is 0 Å². The number of benzene rings is 1. The largest absolute Gasteiger partial charge is 0.497 e. The van der Waals surface area contributed by atoms with Gasteiger partial charge in [-0.05, 0) is 43.2 Å². The Labute approximate surface area is 119 Å². The minimum absolute atomic E-state index is 0.0668. The summed E-state index contributed by atoms with van der Waals surface area (Å²) in [7, 11) is 1.65. The third-order valence-corrected chi connectivity index (χ3v) is 4.81. The zero-order valence-electron chi connectivity index (χ0n) is 11.6. The number of hydrogen-bond donors (Lipinski definition) is 2. The van der Waals surface area contributed by atoms with E-state index in [1.807, 2.05) is 43.0 Å². The van der Waals surface area contributed by atoms with Crippen molar-refractivity contribution in [3.05, 3.63) is 29.8 Å². The molecule has 1 aliphatic heterocycles. The van der Waals surface area contributed by atoms with Crippen LogP contribution in [-0.4, -0.2) is 35.8 Å². The standard InChI is InChI=1S/C15H23NO2S/c1-11(16-13-4-3-9-19-10-13)15(17)12-5-7-14(18-2)8-6-12/h5-8,11,13,15-17H,3-4,9-10H2,1-2H3. The molecule has 0 bridgehead atoms. The summed E-state index contributed by atoms with van der Waals surface area (Å²) >= 11 is 2.00. The van der Waals surface area contributed by atoms with Crippen LogP contribution in [0.1, 0.15) is 31.4 Å². The van der Waals surface area contributed by atoms with E-state index in [0.717, 1.165) is 17.1 Å². The number of aliphatic hydroxyl groups is 1. The van der Waals surface area contributed by atoms with Gasteiger partial charge in [-0.2, -0.15) is 11.8 Å². The number of hydrogen-bond acceptors (Lipinski definition) is 4. The predicted octanol–water partition coefficient (Wildman–Crippen LogP) is 2.60. The Kier molecular flexibility index (Phi) is 5.55. The number of thioether (sulfide) groups is 1. The fourth-order valence-corrected chi connectivity index (χ4v) is 3.51. The Hall–Kier alpha value is -0.710. The highest BCUT2D eigenvalue weighted by Gasteiger charge is 2.21. The summed E-state index contributed by atoms with van der Waals surface area (Å²) in [5.41, 5.74) is 0.935. The number of rotatable bonds is 5. The Bertz CT molecular complexity index is 376. The quantitative estimate of drug-likeness (QED) is 0.870. The zero-order valence-corrected chi connectivity index (χ0v) is 12.5. The average Bonchev–Trinajstić information content (AvgIpc) is 2.47. The van der Waals surface area contributed by atoms with Crippen LogP contribution in [0.4, 0.5) is 0 Å². The highest BCUT2D eigenvalue weighted by Crippen LogP contribution is 2.22. The molecule has 3 nitrogen and oxygen atoms in total. The van der Waals surface area contributed by atoms with Gasteiger partial charge in [-0.15, -0.1) is 0 Å². The lowest BCUT2D eigenvalue weighted by atomic mass is 10.0. The minimum Gasteiger partial charge on any atom is -0.497 e. The van der Waals surface area contributed by atoms with Crippen molar-refractivity contribution in [2.24, 2.45) is 0 Å². The van der Waals surface area contributed by atoms with E-state index in [9.17, 15) is 5.11 Å². The first-order chi connectivity index (χ1) is 9.20. The van der Waals surface area contributed by atoms with Gasteiger partial charge in [-0.1, -0.05) is 12.1 Å². The molecule has 0 aromatic heterocycles. The lowest BCUT2D eigenvalue weighted by molar-refractivity contribution is 0.130. The molecule has 3 atom stereocenters. The summed E-state index contributed by atoms with van der Waals surface area (Å²) in [6, 6.07) is 8.23. The SMILES string of the molecule is COc1ccc(C(O)C(C)NC2CCCSC2)cc1. The molecule has 0 aliphatic carbocycles. The molecule has 3 unspecified atom stereocenters. The molecule has 19 heavy (non-hydrogen) atoms. The third kappa shape index (κ3) is 4.13. The maximum absolute atomic E-state index is 10.4. The fraction of sp³-hybridized carbons (Fsp3) is 0.600. The zero-order chi connectivity index (χ0) is 13.7. The van der Waals surface area contributed by atoms with Crippen LogP contribution in [0.2, 0.25) is 0 Å². The van der Waals surface area contributed by atoms with E-state index in [4.69, 9.17) is 4.74 Å². The summed E-state index contributed by atoms with van der Waals surface area (Å²) in [6.07, 6.45) is 2.01. The molecule has 1 aliphatic rings. The average molecular weight is 281 g/mol. The van der Waals surface area contributed by atoms with Crippen molar-refractivity contribution < 1.29 is 9.84 Å². The van der Waals surface area contributed by atoms with Gasteiger partial charge in [0.05, 0.1) is 13.2 Å². The van der Waals surface area contributed by atoms with Crippen LogP contribution in [0.15, 0.2) is 24.3 Å². The van der Waals surface area contributed by atoms with Gasteiger partial charge in [0.2, 0.25) is 0 Å². The first-order valence-corrected chi connectivity index (χ1v) is 8.02. The van der Waals surface area contributed by atoms with E-state index in [2.05, 4.69) is 5.32 Å². The molecule has 4 heteroatoms. The van der Waals surface area contributed by atoms with Crippen LogP contribution < -0.4 is 10.1 Å². The van der Waals surface area contributed by atoms with Crippen molar-refractivity contribution in [2.45, 2.75) is 38.0 Å². The first-order valence-electron chi connectivity index (χ1n) is 6.86. The second kappa shape index (κ2) is 7.17. The number of aliphatic hydroxyl groups excluding tert-OH is 1. The molecule has 1 saturated heterocycles. The van der Waals surface area contributed by atoms with Crippen molar-refractivity contribution in [1.29, 1.82) is 0 Å². The van der Waals surface area contributed by atoms with Crippen LogP contribution in [-0.2, 0) is 0 Å². The number of nitrogens with one attached hydrogen (secondary N) is 1. The fourth-order valence-electron chi connectivity index (χ4n) is 2.42. The predicted molar refractivity (Wildman–Crippen MR) is 80.9 cm³/mol. The molecule has 1 fully saturated rings. The van der Waals surface area contributed by atoms with E-state index < -0.39 is 6.10 Å². The molecule has 0 spiro atoms. The van der Waals surface area contributed by atoms with Crippen LogP contribution >= 0.6 is 11.8 Å². The van der Waals surface area contributed by atoms with Gasteiger partial charge in [-0.3, -0.25) is 0 Å². The maximum atomic E-state index is 10.4. The molecule has 0 amide bonds. The highest BCUT2D eigenvalue weighted by molar-refractivity contribution is 7.99. The smallest absolute Gasteiger partial charge is 0.118 e. The molecule has 0 radical (unpaired) electrons. The molecule has 106 valence electrons. The minimum atomic E-state index is -0.474. The first kappa shape index (κ1) is 14.7. The summed E-state index contributed by atoms with van der Waals surface area (Å²) in [4.78, 5) is 0. The Balaban J connectivity index is 1.91. The molecule has 1 aromatic rings. The van der Waals surface area contributed by atoms with E-state index in [0.29, 0.717) is 6.04 Å². The summed E-state index contributed by atoms with van der Waals surface area (Å²) < 4.78 is 5.13. The molecule has 1 heterocycles. The van der Waals surface area contributed by atoms with Gasteiger partial charge in [0.15, 0.2) is 0 Å². The van der Waals surface area contributed by atoms with Gasteiger partial charge in [0.1, 0.15) is 5.75 Å². The molecule has 2 rings (SSSR count). The Morgan fingerprint density at radius 1 is 1.37 bits per heavy atom. The van der Waals surface area contributed by atoms with Crippen molar-refractivity contribution >= 4 is 11.8 Å². The van der Waals surface area contributed by atoms with Crippen LogP contribution in [0.25, 0.3) is 0 Å². The van der Waals surface area contributed by atoms with Gasteiger partial charge in [0.25, 0.3) is 0 Å². The summed E-state index contributed by atoms with van der Waals surface area (Å²) in [5, 5.41) is 13.9. The molecule has 0 saturated carbocycles. The van der Waals surface area contributed by atoms with Crippen LogP contribution in [0.3, 0.4) is 0 Å². The topological polar surface area (TPSA) is 41.5 Å². The van der Waals surface area contributed by atoms with Crippen molar-refractivity contribution in [2.75, 3.05) is 18.6 Å². The Morgan fingerprint density at radius 3 is 2.68 bits per heavy atom. The van der Waals surface area contributed by atoms with Crippen LogP contribution in [0, 0.1) is 0 Å². The lowest BCUT2D eigenvalue weighted by Crippen LogP contribution is -2.42. The summed E-state index contributed by atoms with van der Waals surface area (Å²) in [5.74, 6) is 3.24. The van der Waals surface area contributed by atoms with Crippen molar-refractivity contribution in [3.63, 3.8) is 0 Å². The molecular weight excluding hydrogens is 258 g/mol. The van der Waals surface area contributed by atoms with Crippen molar-refractivity contribution in [1.82, 2.24) is 5.32 Å². The molecule has 1 aromatic carbocycles. The van der Waals surface area contributed by atoms with Gasteiger partial charge < -0.3 is 15.2 Å². The van der Waals surface area contributed by atoms with E-state index in [-0.39, 0.29) is 6.04 Å². The monoisotopic (exact) mass is 281 g/mol. The lowest BCUT2D eigenvalue weighted by Gasteiger charge is -2.29. The third-order valence-electron chi connectivity index (χ3n) is 3.59. The van der Waals surface area contributed by atoms with Crippen LogP contribution in [0.5, 0.6) is 5.75 Å². The normalized spacial score (nSPS) is 22.8. The Morgan fingerprint density at radius 2 is 2.11 bits per heavy atom. The molecular formula is C15H23NO2S. The van der Waals surface area contributed by atoms with Gasteiger partial charge in [0, 0.05) is 17.8 Å². The van der Waals surface area contributed by atoms with Crippen molar-refractivity contribution in [3.8, 4) is 5.75 Å². The highest BCUT2D eigenvalue weighted by atomic mass is 32.2.